The third kappa shape index (κ3) is 3.25. The standard InChI is InChI=1S/C8H14NO2/c10-8(11)9-6-2-5-7-3-1-4-7/h7,9H,1-6H2. The third-order valence-corrected chi connectivity index (χ3v) is 2.28. The van der Waals surface area contributed by atoms with E-state index in [4.69, 9.17) is 0 Å². The lowest BCUT2D eigenvalue weighted by Crippen LogP contribution is -2.22. The van der Waals surface area contributed by atoms with Gasteiger partial charge in [0.05, 0.1) is 0 Å². The molecule has 0 aromatic rings. The minimum absolute atomic E-state index is 0.554. The van der Waals surface area contributed by atoms with E-state index in [1.807, 2.05) is 0 Å². The molecule has 1 fully saturated rings. The summed E-state index contributed by atoms with van der Waals surface area (Å²) in [4.78, 5) is 9.91. The summed E-state index contributed by atoms with van der Waals surface area (Å²) in [5.74, 6) is 0.874. The molecule has 0 aliphatic heterocycles. The van der Waals surface area contributed by atoms with E-state index in [0.29, 0.717) is 6.54 Å². The van der Waals surface area contributed by atoms with Gasteiger partial charge in [0.15, 0.2) is 0 Å². The molecule has 0 aromatic heterocycles. The smallest absolute Gasteiger partial charge is 0.318 e. The molecule has 0 atom stereocenters. The Labute approximate surface area is 66.8 Å². The summed E-state index contributed by atoms with van der Waals surface area (Å²) in [5, 5.41) is 12.2. The van der Waals surface area contributed by atoms with Gasteiger partial charge in [-0.25, -0.2) is 9.90 Å². The summed E-state index contributed by atoms with van der Waals surface area (Å²) in [6.07, 6.45) is 5.01. The van der Waals surface area contributed by atoms with Gasteiger partial charge in [0, 0.05) is 6.54 Å². The number of carbonyl (C=O) groups excluding carboxylic acids is 1. The first kappa shape index (κ1) is 8.37. The van der Waals surface area contributed by atoms with Gasteiger partial charge in [-0.05, 0) is 18.8 Å². The van der Waals surface area contributed by atoms with Gasteiger partial charge in [-0.2, -0.15) is 0 Å². The largest absolute Gasteiger partial charge is 0.450 e. The Morgan fingerprint density at radius 3 is 2.64 bits per heavy atom. The molecule has 1 rings (SSSR count). The van der Waals surface area contributed by atoms with Crippen molar-refractivity contribution < 1.29 is 9.90 Å². The Balaban J connectivity index is 1.83. The van der Waals surface area contributed by atoms with Crippen LogP contribution in [0, 0.1) is 5.92 Å². The maximum absolute atomic E-state index is 9.91. The molecule has 0 aromatic carbocycles. The first-order chi connectivity index (χ1) is 5.29. The second-order valence-electron chi connectivity index (χ2n) is 3.15. The molecule has 1 N–H and O–H groups in total. The van der Waals surface area contributed by atoms with Crippen molar-refractivity contribution in [3.05, 3.63) is 0 Å². The van der Waals surface area contributed by atoms with Crippen LogP contribution >= 0.6 is 0 Å². The van der Waals surface area contributed by atoms with Gasteiger partial charge >= 0.3 is 6.09 Å². The molecule has 63 valence electrons. The fraction of sp³-hybridized carbons (Fsp3) is 0.875. The summed E-state index contributed by atoms with van der Waals surface area (Å²) >= 11 is 0. The average Bonchev–Trinajstić information content (AvgIpc) is 1.82. The van der Waals surface area contributed by atoms with E-state index in [9.17, 15) is 9.90 Å². The highest BCUT2D eigenvalue weighted by molar-refractivity contribution is 5.63. The summed E-state index contributed by atoms with van der Waals surface area (Å²) in [7, 11) is 0. The third-order valence-electron chi connectivity index (χ3n) is 2.28. The van der Waals surface area contributed by atoms with Crippen molar-refractivity contribution in [1.29, 1.82) is 0 Å². The van der Waals surface area contributed by atoms with E-state index < -0.39 is 6.09 Å². The highest BCUT2D eigenvalue weighted by atomic mass is 16.4. The van der Waals surface area contributed by atoms with Crippen LogP contribution in [-0.4, -0.2) is 12.6 Å². The van der Waals surface area contributed by atoms with E-state index in [1.54, 1.807) is 0 Å². The van der Waals surface area contributed by atoms with Gasteiger partial charge < -0.3 is 5.32 Å². The van der Waals surface area contributed by atoms with Gasteiger partial charge in [-0.15, -0.1) is 0 Å². The molecule has 11 heavy (non-hydrogen) atoms. The number of amides is 1. The monoisotopic (exact) mass is 156 g/mol. The van der Waals surface area contributed by atoms with Crippen LogP contribution in [0.3, 0.4) is 0 Å². The normalized spacial score (nSPS) is 17.5. The average molecular weight is 156 g/mol. The van der Waals surface area contributed by atoms with Crippen LogP contribution in [0.25, 0.3) is 0 Å². The van der Waals surface area contributed by atoms with Crippen LogP contribution in [0.1, 0.15) is 32.1 Å². The minimum Gasteiger partial charge on any atom is -0.318 e. The summed E-state index contributed by atoms with van der Waals surface area (Å²) in [5.41, 5.74) is 0. The van der Waals surface area contributed by atoms with Crippen molar-refractivity contribution in [2.24, 2.45) is 5.92 Å². The maximum atomic E-state index is 9.91. The Kier molecular flexibility index (Phi) is 3.20. The zero-order valence-electron chi connectivity index (χ0n) is 6.64. The number of carbonyl (C=O) groups is 1. The maximum Gasteiger partial charge on any atom is 0.450 e. The quantitative estimate of drug-likeness (QED) is 0.619. The van der Waals surface area contributed by atoms with E-state index in [-0.39, 0.29) is 0 Å². The van der Waals surface area contributed by atoms with E-state index in [2.05, 4.69) is 5.32 Å². The van der Waals surface area contributed by atoms with Gasteiger partial charge in [0.25, 0.3) is 0 Å². The van der Waals surface area contributed by atoms with E-state index in [1.165, 1.54) is 25.7 Å². The molecular weight excluding hydrogens is 142 g/mol. The molecule has 0 saturated heterocycles. The lowest BCUT2D eigenvalue weighted by molar-refractivity contribution is 0.168. The zero-order chi connectivity index (χ0) is 8.10. The van der Waals surface area contributed by atoms with Crippen molar-refractivity contribution >= 4 is 6.09 Å². The fourth-order valence-electron chi connectivity index (χ4n) is 1.36. The van der Waals surface area contributed by atoms with E-state index in [0.717, 1.165) is 12.3 Å². The number of hydrogen-bond donors (Lipinski definition) is 1. The second-order valence-corrected chi connectivity index (χ2v) is 3.15. The number of nitrogens with one attached hydrogen (secondary N) is 1. The Morgan fingerprint density at radius 2 is 2.18 bits per heavy atom. The van der Waals surface area contributed by atoms with Crippen molar-refractivity contribution in [3.63, 3.8) is 0 Å². The van der Waals surface area contributed by atoms with Gasteiger partial charge in [-0.3, -0.25) is 0 Å². The molecule has 1 radical (unpaired) electrons. The summed E-state index contributed by atoms with van der Waals surface area (Å²) in [6.45, 7) is 0.554. The molecule has 1 amide bonds. The van der Waals surface area contributed by atoms with Crippen LogP contribution in [0.4, 0.5) is 4.79 Å². The van der Waals surface area contributed by atoms with Gasteiger partial charge in [0.2, 0.25) is 0 Å². The van der Waals surface area contributed by atoms with Gasteiger partial charge in [-0.1, -0.05) is 19.3 Å². The van der Waals surface area contributed by atoms with Crippen LogP contribution in [-0.2, 0) is 5.11 Å². The van der Waals surface area contributed by atoms with Crippen molar-refractivity contribution in [2.75, 3.05) is 6.54 Å². The van der Waals surface area contributed by atoms with Crippen LogP contribution in [0.15, 0.2) is 0 Å². The molecule has 3 nitrogen and oxygen atoms in total. The molecule has 1 saturated carbocycles. The lowest BCUT2D eigenvalue weighted by Gasteiger charge is -2.24. The predicted molar refractivity (Wildman–Crippen MR) is 40.7 cm³/mol. The number of hydrogen-bond acceptors (Lipinski definition) is 1. The van der Waals surface area contributed by atoms with Crippen LogP contribution < -0.4 is 5.32 Å². The Hall–Kier alpha value is -0.730. The van der Waals surface area contributed by atoms with E-state index >= 15 is 0 Å². The Bertz CT molecular complexity index is 132. The second kappa shape index (κ2) is 4.21. The molecule has 0 heterocycles. The Morgan fingerprint density at radius 1 is 1.45 bits per heavy atom. The lowest BCUT2D eigenvalue weighted by atomic mass is 9.82. The topological polar surface area (TPSA) is 49.0 Å². The highest BCUT2D eigenvalue weighted by Crippen LogP contribution is 2.29. The zero-order valence-corrected chi connectivity index (χ0v) is 6.64. The minimum atomic E-state index is -1.15. The van der Waals surface area contributed by atoms with Crippen LogP contribution in [0.2, 0.25) is 0 Å². The van der Waals surface area contributed by atoms with Gasteiger partial charge in [0.1, 0.15) is 0 Å². The molecular formula is C8H14NO2. The molecule has 3 heteroatoms. The molecule has 1 aliphatic rings. The SMILES string of the molecule is [O]C(=O)NCCCC1CCC1. The first-order valence-corrected chi connectivity index (χ1v) is 4.24. The van der Waals surface area contributed by atoms with Crippen molar-refractivity contribution in [1.82, 2.24) is 5.32 Å². The number of rotatable bonds is 4. The molecule has 0 bridgehead atoms. The molecule has 0 spiro atoms. The summed E-state index contributed by atoms with van der Waals surface area (Å²) in [6, 6.07) is 0. The fourth-order valence-corrected chi connectivity index (χ4v) is 1.36. The highest BCUT2D eigenvalue weighted by Gasteiger charge is 2.16. The van der Waals surface area contributed by atoms with Crippen molar-refractivity contribution in [3.8, 4) is 0 Å². The molecule has 1 aliphatic carbocycles. The molecule has 0 unspecified atom stereocenters. The summed E-state index contributed by atoms with van der Waals surface area (Å²) < 4.78 is 0. The van der Waals surface area contributed by atoms with Crippen LogP contribution in [0.5, 0.6) is 0 Å². The van der Waals surface area contributed by atoms with Crippen molar-refractivity contribution in [2.45, 2.75) is 32.1 Å². The first-order valence-electron chi connectivity index (χ1n) is 4.24. The predicted octanol–water partition coefficient (Wildman–Crippen LogP) is 1.71.